The van der Waals surface area contributed by atoms with Crippen LogP contribution in [0, 0.1) is 11.3 Å². The van der Waals surface area contributed by atoms with Gasteiger partial charge in [-0.15, -0.1) is 0 Å². The van der Waals surface area contributed by atoms with Crippen LogP contribution >= 0.6 is 0 Å². The van der Waals surface area contributed by atoms with Crippen LogP contribution in [0.2, 0.25) is 0 Å². The molecule has 1 rings (SSSR count). The van der Waals surface area contributed by atoms with Gasteiger partial charge in [0.05, 0.1) is 0 Å². The smallest absolute Gasteiger partial charge is 0.407 e. The second-order valence-electron chi connectivity index (χ2n) is 7.26. The zero-order valence-electron chi connectivity index (χ0n) is 15.7. The highest BCUT2D eigenvalue weighted by molar-refractivity contribution is 5.97. The highest BCUT2D eigenvalue weighted by atomic mass is 16.6. The Bertz CT molecular complexity index is 525. The summed E-state index contributed by atoms with van der Waals surface area (Å²) in [5.74, 6) is -0.262. The van der Waals surface area contributed by atoms with Crippen molar-refractivity contribution in [2.45, 2.75) is 64.5 Å². The zero-order valence-corrected chi connectivity index (χ0v) is 15.7. The average molecular weight is 350 g/mol. The number of nitrogens with one attached hydrogen (secondary N) is 2. The highest BCUT2D eigenvalue weighted by Gasteiger charge is 2.24. The number of amides is 2. The first-order valence-electron chi connectivity index (χ1n) is 8.82. The molecule has 7 heteroatoms. The molecule has 1 fully saturated rings. The average Bonchev–Trinajstić information content (AvgIpc) is 2.56. The first kappa shape index (κ1) is 20.8. The molecule has 0 aromatic rings. The number of nitriles is 1. The number of nitrogens with zero attached hydrogens (tertiary/aromatic N) is 2. The molecule has 1 aliphatic rings. The normalized spacial score (nSPS) is 15.9. The Morgan fingerprint density at radius 1 is 1.24 bits per heavy atom. The Balaban J connectivity index is 2.39. The summed E-state index contributed by atoms with van der Waals surface area (Å²) in [6.07, 6.45) is 6.38. The second kappa shape index (κ2) is 9.92. The van der Waals surface area contributed by atoms with Gasteiger partial charge in [0.1, 0.15) is 17.2 Å². The van der Waals surface area contributed by atoms with E-state index in [1.54, 1.807) is 32.7 Å². The number of ether oxygens (including phenoxy) is 1. The summed E-state index contributed by atoms with van der Waals surface area (Å²) in [5, 5.41) is 14.7. The topological polar surface area (TPSA) is 94.5 Å². The first-order valence-corrected chi connectivity index (χ1v) is 8.82. The lowest BCUT2D eigenvalue weighted by Gasteiger charge is -2.31. The van der Waals surface area contributed by atoms with Gasteiger partial charge in [0.15, 0.2) is 0 Å². The van der Waals surface area contributed by atoms with Crippen LogP contribution in [0.3, 0.4) is 0 Å². The Morgan fingerprint density at radius 3 is 2.44 bits per heavy atom. The Hall–Kier alpha value is -2.23. The fourth-order valence-electron chi connectivity index (χ4n) is 2.69. The van der Waals surface area contributed by atoms with Gasteiger partial charge in [-0.25, -0.2) is 4.79 Å². The summed E-state index contributed by atoms with van der Waals surface area (Å²) < 4.78 is 5.12. The minimum atomic E-state index is -0.540. The largest absolute Gasteiger partial charge is 0.444 e. The van der Waals surface area contributed by atoms with Gasteiger partial charge in [0.2, 0.25) is 0 Å². The number of carbonyl (C=O) groups excluding carboxylic acids is 2. The lowest BCUT2D eigenvalue weighted by atomic mass is 9.94. The molecular formula is C18H30N4O3. The maximum atomic E-state index is 12.4. The third-order valence-electron chi connectivity index (χ3n) is 3.98. The Labute approximate surface area is 150 Å². The monoisotopic (exact) mass is 350 g/mol. The van der Waals surface area contributed by atoms with E-state index >= 15 is 0 Å². The molecule has 0 atom stereocenters. The highest BCUT2D eigenvalue weighted by Crippen LogP contribution is 2.22. The van der Waals surface area contributed by atoms with Crippen molar-refractivity contribution in [1.82, 2.24) is 15.5 Å². The molecule has 1 aliphatic carbocycles. The van der Waals surface area contributed by atoms with Crippen LogP contribution < -0.4 is 10.6 Å². The van der Waals surface area contributed by atoms with E-state index < -0.39 is 11.7 Å². The quantitative estimate of drug-likeness (QED) is 0.435. The summed E-state index contributed by atoms with van der Waals surface area (Å²) in [5.41, 5.74) is -0.466. The molecule has 0 aromatic heterocycles. The zero-order chi connectivity index (χ0) is 18.9. The third kappa shape index (κ3) is 7.92. The van der Waals surface area contributed by atoms with Gasteiger partial charge in [0, 0.05) is 32.4 Å². The Morgan fingerprint density at radius 2 is 1.88 bits per heavy atom. The number of likely N-dealkylation sites (N-methyl/N-ethyl adjacent to an activating group) is 1. The van der Waals surface area contributed by atoms with Crippen LogP contribution in [-0.2, 0) is 9.53 Å². The van der Waals surface area contributed by atoms with E-state index in [0.717, 1.165) is 25.7 Å². The van der Waals surface area contributed by atoms with E-state index in [1.165, 1.54) is 12.6 Å². The van der Waals surface area contributed by atoms with Crippen LogP contribution in [0.1, 0.15) is 52.9 Å². The predicted molar refractivity (Wildman–Crippen MR) is 95.6 cm³/mol. The lowest BCUT2D eigenvalue weighted by molar-refractivity contribution is -0.128. The van der Waals surface area contributed by atoms with Gasteiger partial charge in [-0.1, -0.05) is 19.3 Å². The number of carbonyl (C=O) groups is 2. The van der Waals surface area contributed by atoms with E-state index in [4.69, 9.17) is 4.74 Å². The van der Waals surface area contributed by atoms with E-state index in [-0.39, 0.29) is 17.5 Å². The van der Waals surface area contributed by atoms with Crippen molar-refractivity contribution in [3.63, 3.8) is 0 Å². The van der Waals surface area contributed by atoms with Crippen LogP contribution in [0.5, 0.6) is 0 Å². The first-order chi connectivity index (χ1) is 11.7. The standard InChI is InChI=1S/C18H30N4O3/c1-18(2,3)25-17(24)21-11-10-20-13-14(12-19)16(23)22(4)15-8-6-5-7-9-15/h13,15,20H,5-11H2,1-4H3,(H,21,24)/b14-13-. The van der Waals surface area contributed by atoms with Crippen LogP contribution in [0.15, 0.2) is 11.8 Å². The van der Waals surface area contributed by atoms with Gasteiger partial charge in [-0.05, 0) is 33.6 Å². The minimum absolute atomic E-state index is 0.0744. The van der Waals surface area contributed by atoms with Crippen LogP contribution in [0.25, 0.3) is 0 Å². The molecule has 140 valence electrons. The summed E-state index contributed by atoms with van der Waals surface area (Å²) in [7, 11) is 1.76. The molecule has 0 aliphatic heterocycles. The number of alkyl carbamates (subject to hydrolysis) is 1. The predicted octanol–water partition coefficient (Wildman–Crippen LogP) is 2.30. The van der Waals surface area contributed by atoms with Crippen molar-refractivity contribution >= 4 is 12.0 Å². The van der Waals surface area contributed by atoms with Crippen molar-refractivity contribution in [3.8, 4) is 6.07 Å². The molecule has 0 radical (unpaired) electrons. The van der Waals surface area contributed by atoms with E-state index in [9.17, 15) is 14.9 Å². The van der Waals surface area contributed by atoms with Crippen molar-refractivity contribution in [2.75, 3.05) is 20.1 Å². The fourth-order valence-corrected chi connectivity index (χ4v) is 2.69. The van der Waals surface area contributed by atoms with Crippen LogP contribution in [0.4, 0.5) is 4.79 Å². The molecule has 0 bridgehead atoms. The summed E-state index contributed by atoms with van der Waals surface area (Å²) in [6, 6.07) is 2.16. The number of hydrogen-bond donors (Lipinski definition) is 2. The molecule has 0 spiro atoms. The number of hydrogen-bond acceptors (Lipinski definition) is 5. The SMILES string of the molecule is CN(C(=O)/C(C#N)=C\NCCNC(=O)OC(C)(C)C)C1CCCCC1. The van der Waals surface area contributed by atoms with Crippen molar-refractivity contribution in [1.29, 1.82) is 5.26 Å². The van der Waals surface area contributed by atoms with E-state index in [1.807, 2.05) is 6.07 Å². The summed E-state index contributed by atoms with van der Waals surface area (Å²) in [6.45, 7) is 6.10. The fraction of sp³-hybridized carbons (Fsp3) is 0.722. The molecule has 0 heterocycles. The Kier molecular flexibility index (Phi) is 8.26. The molecule has 7 nitrogen and oxygen atoms in total. The van der Waals surface area contributed by atoms with E-state index in [2.05, 4.69) is 10.6 Å². The molecule has 2 amide bonds. The van der Waals surface area contributed by atoms with Crippen molar-refractivity contribution in [2.24, 2.45) is 0 Å². The summed E-state index contributed by atoms with van der Waals surface area (Å²) >= 11 is 0. The molecule has 2 N–H and O–H groups in total. The van der Waals surface area contributed by atoms with Gasteiger partial charge in [-0.2, -0.15) is 5.26 Å². The third-order valence-corrected chi connectivity index (χ3v) is 3.98. The summed E-state index contributed by atoms with van der Waals surface area (Å²) in [4.78, 5) is 25.6. The van der Waals surface area contributed by atoms with E-state index in [0.29, 0.717) is 13.1 Å². The molecule has 0 aromatic carbocycles. The minimum Gasteiger partial charge on any atom is -0.444 e. The second-order valence-corrected chi connectivity index (χ2v) is 7.26. The van der Waals surface area contributed by atoms with Gasteiger partial charge < -0.3 is 20.3 Å². The molecule has 0 saturated heterocycles. The maximum Gasteiger partial charge on any atom is 0.407 e. The molecule has 0 unspecified atom stereocenters. The molecule has 1 saturated carbocycles. The van der Waals surface area contributed by atoms with Gasteiger partial charge >= 0.3 is 6.09 Å². The van der Waals surface area contributed by atoms with Crippen molar-refractivity contribution < 1.29 is 14.3 Å². The molecular weight excluding hydrogens is 320 g/mol. The number of rotatable bonds is 6. The maximum absolute atomic E-state index is 12.4. The lowest BCUT2D eigenvalue weighted by Crippen LogP contribution is -2.39. The molecule has 25 heavy (non-hydrogen) atoms. The van der Waals surface area contributed by atoms with Crippen LogP contribution in [-0.4, -0.2) is 48.7 Å². The van der Waals surface area contributed by atoms with Gasteiger partial charge in [-0.3, -0.25) is 4.79 Å². The van der Waals surface area contributed by atoms with Gasteiger partial charge in [0.25, 0.3) is 5.91 Å². The van der Waals surface area contributed by atoms with Crippen molar-refractivity contribution in [3.05, 3.63) is 11.8 Å².